The predicted molar refractivity (Wildman–Crippen MR) is 112 cm³/mol. The molecule has 0 fully saturated rings. The lowest BCUT2D eigenvalue weighted by molar-refractivity contribution is -0.114. The molecule has 3 heterocycles. The van der Waals surface area contributed by atoms with Crippen molar-refractivity contribution in [3.05, 3.63) is 30.6 Å². The van der Waals surface area contributed by atoms with Gasteiger partial charge in [0.25, 0.3) is 0 Å². The summed E-state index contributed by atoms with van der Waals surface area (Å²) < 4.78 is 5.86. The first-order chi connectivity index (χ1) is 13.2. The molecule has 0 spiro atoms. The molecule has 7 nitrogen and oxygen atoms in total. The van der Waals surface area contributed by atoms with Crippen molar-refractivity contribution in [3.63, 3.8) is 0 Å². The number of ether oxygens (including phenoxy) is 1. The first-order valence-corrected chi connectivity index (χ1v) is 10.1. The van der Waals surface area contributed by atoms with E-state index >= 15 is 0 Å². The van der Waals surface area contributed by atoms with Crippen LogP contribution in [-0.2, 0) is 4.79 Å². The molecule has 148 valence electrons. The maximum Gasteiger partial charge on any atom is 0.222 e. The average Bonchev–Trinajstić information content (AvgIpc) is 3.03. The fraction of sp³-hybridized carbons (Fsp3) is 0.350. The maximum absolute atomic E-state index is 11.3. The van der Waals surface area contributed by atoms with Crippen molar-refractivity contribution in [1.29, 1.82) is 0 Å². The van der Waals surface area contributed by atoms with E-state index in [-0.39, 0.29) is 5.91 Å². The van der Waals surface area contributed by atoms with Crippen molar-refractivity contribution in [2.24, 2.45) is 0 Å². The fourth-order valence-electron chi connectivity index (χ4n) is 2.71. The van der Waals surface area contributed by atoms with E-state index in [2.05, 4.69) is 15.3 Å². The Balaban J connectivity index is 1.95. The van der Waals surface area contributed by atoms with Gasteiger partial charge in [0.1, 0.15) is 16.6 Å². The van der Waals surface area contributed by atoms with Gasteiger partial charge in [-0.05, 0) is 26.2 Å². The number of thioether (sulfide) groups is 1. The summed E-state index contributed by atoms with van der Waals surface area (Å²) >= 11 is 1.53. The van der Waals surface area contributed by atoms with E-state index in [0.717, 1.165) is 27.2 Å². The molecule has 0 aliphatic carbocycles. The number of H-pyrrole nitrogens is 1. The lowest BCUT2D eigenvalue weighted by Crippen LogP contribution is -2.21. The molecule has 0 aliphatic heterocycles. The summed E-state index contributed by atoms with van der Waals surface area (Å²) in [6.45, 7) is 5.37. The van der Waals surface area contributed by atoms with Gasteiger partial charge < -0.3 is 20.1 Å². The monoisotopic (exact) mass is 400 g/mol. The SMILES string of the molecule is CSc1cc(OCCC(C)(C)O)cc(-c2c[nH]c3cnc(NC(C)=O)cc23)n1. The topological polar surface area (TPSA) is 100 Å². The van der Waals surface area contributed by atoms with E-state index < -0.39 is 5.60 Å². The molecule has 0 atom stereocenters. The standard InChI is InChI=1S/C20H24N4O3S/c1-12(25)23-18-9-14-15(10-21-17(14)11-22-18)16-7-13(8-19(24-16)28-4)27-6-5-20(2,3)26/h7-11,21,26H,5-6H2,1-4H3,(H,22,23,25). The van der Waals surface area contributed by atoms with E-state index in [9.17, 15) is 9.90 Å². The van der Waals surface area contributed by atoms with Crippen LogP contribution in [0, 0.1) is 0 Å². The van der Waals surface area contributed by atoms with Crippen molar-refractivity contribution in [2.45, 2.75) is 37.8 Å². The largest absolute Gasteiger partial charge is 0.493 e. The van der Waals surface area contributed by atoms with Crippen LogP contribution < -0.4 is 10.1 Å². The van der Waals surface area contributed by atoms with Gasteiger partial charge in [0.2, 0.25) is 5.91 Å². The second kappa shape index (κ2) is 8.20. The van der Waals surface area contributed by atoms with Gasteiger partial charge in [-0.25, -0.2) is 9.97 Å². The lowest BCUT2D eigenvalue weighted by Gasteiger charge is -2.17. The normalized spacial score (nSPS) is 11.6. The Kier molecular flexibility index (Phi) is 5.90. The number of carbonyl (C=O) groups excluding carboxylic acids is 1. The minimum Gasteiger partial charge on any atom is -0.493 e. The Labute approximate surface area is 167 Å². The number of carbonyl (C=O) groups is 1. The molecular weight excluding hydrogens is 376 g/mol. The third kappa shape index (κ3) is 5.02. The van der Waals surface area contributed by atoms with Crippen LogP contribution in [0.1, 0.15) is 27.2 Å². The Morgan fingerprint density at radius 2 is 2.14 bits per heavy atom. The van der Waals surface area contributed by atoms with Crippen LogP contribution in [0.4, 0.5) is 5.82 Å². The number of pyridine rings is 2. The zero-order chi connectivity index (χ0) is 20.3. The van der Waals surface area contributed by atoms with E-state index in [4.69, 9.17) is 9.72 Å². The molecule has 3 aromatic heterocycles. The van der Waals surface area contributed by atoms with Crippen LogP contribution in [0.25, 0.3) is 22.2 Å². The van der Waals surface area contributed by atoms with Gasteiger partial charge in [-0.3, -0.25) is 4.79 Å². The first kappa shape index (κ1) is 20.2. The molecule has 3 aromatic rings. The predicted octanol–water partition coefficient (Wildman–Crippen LogP) is 3.85. The zero-order valence-electron chi connectivity index (χ0n) is 16.4. The van der Waals surface area contributed by atoms with Gasteiger partial charge in [-0.1, -0.05) is 0 Å². The summed E-state index contributed by atoms with van der Waals surface area (Å²) in [6, 6.07) is 5.59. The van der Waals surface area contributed by atoms with Crippen LogP contribution in [0.3, 0.4) is 0 Å². The summed E-state index contributed by atoms with van der Waals surface area (Å²) in [5.41, 5.74) is 1.73. The summed E-state index contributed by atoms with van der Waals surface area (Å²) in [7, 11) is 0. The first-order valence-electron chi connectivity index (χ1n) is 8.91. The quantitative estimate of drug-likeness (QED) is 0.521. The van der Waals surface area contributed by atoms with Crippen LogP contribution in [0.5, 0.6) is 5.75 Å². The van der Waals surface area contributed by atoms with Gasteiger partial charge in [0, 0.05) is 42.6 Å². The molecule has 0 bridgehead atoms. The number of fused-ring (bicyclic) bond motifs is 1. The number of hydrogen-bond acceptors (Lipinski definition) is 6. The number of anilines is 1. The molecule has 3 rings (SSSR count). The van der Waals surface area contributed by atoms with Gasteiger partial charge in [0.15, 0.2) is 0 Å². The number of aliphatic hydroxyl groups is 1. The second-order valence-corrected chi connectivity index (χ2v) is 7.97. The van der Waals surface area contributed by atoms with Gasteiger partial charge in [-0.15, -0.1) is 11.8 Å². The number of hydrogen-bond donors (Lipinski definition) is 3. The van der Waals surface area contributed by atoms with E-state index in [1.807, 2.05) is 30.7 Å². The van der Waals surface area contributed by atoms with Crippen molar-refractivity contribution in [1.82, 2.24) is 15.0 Å². The number of aromatic amines is 1. The molecule has 0 aliphatic rings. The van der Waals surface area contributed by atoms with Gasteiger partial charge in [0.05, 0.1) is 29.6 Å². The number of nitrogens with zero attached hydrogens (tertiary/aromatic N) is 2. The molecule has 8 heteroatoms. The molecule has 3 N–H and O–H groups in total. The van der Waals surface area contributed by atoms with Crippen molar-refractivity contribution in [3.8, 4) is 17.0 Å². The summed E-state index contributed by atoms with van der Waals surface area (Å²) in [4.78, 5) is 23.5. The molecule has 0 unspecified atom stereocenters. The Hall–Kier alpha value is -2.58. The summed E-state index contributed by atoms with van der Waals surface area (Å²) in [5, 5.41) is 14.3. The maximum atomic E-state index is 11.3. The van der Waals surface area contributed by atoms with Crippen molar-refractivity contribution < 1.29 is 14.6 Å². The second-order valence-electron chi connectivity index (χ2n) is 7.14. The number of aromatic nitrogens is 3. The van der Waals surface area contributed by atoms with Crippen LogP contribution in [-0.4, -0.2) is 44.4 Å². The van der Waals surface area contributed by atoms with E-state index in [0.29, 0.717) is 24.6 Å². The van der Waals surface area contributed by atoms with Crippen molar-refractivity contribution >= 4 is 34.4 Å². The highest BCUT2D eigenvalue weighted by atomic mass is 32.2. The Morgan fingerprint density at radius 1 is 1.36 bits per heavy atom. The highest BCUT2D eigenvalue weighted by molar-refractivity contribution is 7.98. The van der Waals surface area contributed by atoms with E-state index in [1.165, 1.54) is 18.7 Å². The van der Waals surface area contributed by atoms with Crippen LogP contribution in [0.15, 0.2) is 35.6 Å². The lowest BCUT2D eigenvalue weighted by atomic mass is 10.1. The third-order valence-electron chi connectivity index (χ3n) is 4.11. The van der Waals surface area contributed by atoms with Gasteiger partial charge in [-0.2, -0.15) is 0 Å². The minimum atomic E-state index is -0.776. The molecular formula is C20H24N4O3S. The third-order valence-corrected chi connectivity index (χ3v) is 4.74. The summed E-state index contributed by atoms with van der Waals surface area (Å²) in [6.07, 6.45) is 6.04. The average molecular weight is 401 g/mol. The molecule has 0 radical (unpaired) electrons. The smallest absolute Gasteiger partial charge is 0.222 e. The number of amides is 1. The Morgan fingerprint density at radius 3 is 2.82 bits per heavy atom. The van der Waals surface area contributed by atoms with Crippen LogP contribution in [0.2, 0.25) is 0 Å². The highest BCUT2D eigenvalue weighted by Crippen LogP contribution is 2.32. The zero-order valence-corrected chi connectivity index (χ0v) is 17.2. The molecule has 28 heavy (non-hydrogen) atoms. The van der Waals surface area contributed by atoms with E-state index in [1.54, 1.807) is 20.0 Å². The molecule has 0 aromatic carbocycles. The molecule has 1 amide bonds. The van der Waals surface area contributed by atoms with Gasteiger partial charge >= 0.3 is 0 Å². The highest BCUT2D eigenvalue weighted by Gasteiger charge is 2.15. The fourth-order valence-corrected chi connectivity index (χ4v) is 3.13. The van der Waals surface area contributed by atoms with Crippen molar-refractivity contribution in [2.75, 3.05) is 18.2 Å². The molecule has 0 saturated carbocycles. The number of nitrogens with one attached hydrogen (secondary N) is 2. The Bertz CT molecular complexity index is 995. The molecule has 0 saturated heterocycles. The minimum absolute atomic E-state index is 0.172. The summed E-state index contributed by atoms with van der Waals surface area (Å²) in [5.74, 6) is 1.02. The van der Waals surface area contributed by atoms with Crippen LogP contribution >= 0.6 is 11.8 Å². The number of rotatable bonds is 7.